The van der Waals surface area contributed by atoms with Crippen molar-refractivity contribution in [3.8, 4) is 11.1 Å². The van der Waals surface area contributed by atoms with E-state index < -0.39 is 17.8 Å². The van der Waals surface area contributed by atoms with Crippen molar-refractivity contribution in [2.75, 3.05) is 0 Å². The first kappa shape index (κ1) is 14.5. The van der Waals surface area contributed by atoms with Gasteiger partial charge in [0.15, 0.2) is 5.69 Å². The number of rotatable bonds is 2. The van der Waals surface area contributed by atoms with Crippen LogP contribution in [0.2, 0.25) is 0 Å². The third-order valence-corrected chi connectivity index (χ3v) is 3.98. The molecule has 0 saturated carbocycles. The first-order chi connectivity index (χ1) is 10.3. The number of nitrogens with two attached hydrogens (primary N) is 1. The lowest BCUT2D eigenvalue weighted by molar-refractivity contribution is -0.140. The Hall–Kier alpha value is -2.42. The molecular formula is C13H9F3N4OS. The molecule has 0 spiro atoms. The molecule has 2 aromatic heterocycles. The van der Waals surface area contributed by atoms with Crippen LogP contribution in [0.4, 0.5) is 13.2 Å². The zero-order valence-electron chi connectivity index (χ0n) is 11.2. The molecule has 1 amide bonds. The summed E-state index contributed by atoms with van der Waals surface area (Å²) in [6, 6.07) is 4.64. The van der Waals surface area contributed by atoms with E-state index in [1.165, 1.54) is 30.5 Å². The van der Waals surface area contributed by atoms with Crippen molar-refractivity contribution in [1.82, 2.24) is 14.8 Å². The van der Waals surface area contributed by atoms with Gasteiger partial charge in [0, 0.05) is 12.6 Å². The molecule has 3 aromatic rings. The Kier molecular flexibility index (Phi) is 3.17. The summed E-state index contributed by atoms with van der Waals surface area (Å²) in [5.74, 6) is -0.973. The Balaban J connectivity index is 2.34. The second kappa shape index (κ2) is 4.80. The molecule has 1 aromatic carbocycles. The maximum absolute atomic E-state index is 13.2. The van der Waals surface area contributed by atoms with Crippen LogP contribution in [-0.4, -0.2) is 20.7 Å². The van der Waals surface area contributed by atoms with Gasteiger partial charge in [-0.25, -0.2) is 4.98 Å². The Morgan fingerprint density at radius 1 is 1.36 bits per heavy atom. The van der Waals surface area contributed by atoms with E-state index in [-0.39, 0.29) is 16.8 Å². The summed E-state index contributed by atoms with van der Waals surface area (Å²) in [5.41, 5.74) is 5.82. The van der Waals surface area contributed by atoms with Crippen LogP contribution in [0.1, 0.15) is 16.2 Å². The van der Waals surface area contributed by atoms with Gasteiger partial charge in [-0.15, -0.1) is 11.3 Å². The summed E-state index contributed by atoms with van der Waals surface area (Å²) in [5, 5.41) is 3.42. The number of fused-ring (bicyclic) bond motifs is 1. The average molecular weight is 326 g/mol. The van der Waals surface area contributed by atoms with Gasteiger partial charge >= 0.3 is 6.18 Å². The first-order valence-corrected chi connectivity index (χ1v) is 6.94. The molecule has 0 aliphatic heterocycles. The second-order valence-corrected chi connectivity index (χ2v) is 5.48. The number of aryl methyl sites for hydroxylation is 1. The molecule has 0 unspecified atom stereocenters. The number of carbonyl (C=O) groups is 1. The topological polar surface area (TPSA) is 73.8 Å². The van der Waals surface area contributed by atoms with E-state index in [2.05, 4.69) is 10.1 Å². The van der Waals surface area contributed by atoms with Crippen LogP contribution in [0, 0.1) is 0 Å². The monoisotopic (exact) mass is 326 g/mol. The van der Waals surface area contributed by atoms with Crippen LogP contribution in [0.25, 0.3) is 21.3 Å². The fourth-order valence-corrected chi connectivity index (χ4v) is 2.95. The highest BCUT2D eigenvalue weighted by Gasteiger charge is 2.40. The highest BCUT2D eigenvalue weighted by molar-refractivity contribution is 7.16. The molecule has 0 atom stereocenters. The van der Waals surface area contributed by atoms with Crippen molar-refractivity contribution in [2.45, 2.75) is 6.18 Å². The zero-order chi connectivity index (χ0) is 16.1. The van der Waals surface area contributed by atoms with Crippen molar-refractivity contribution in [3.05, 3.63) is 35.1 Å². The maximum atomic E-state index is 13.2. The molecule has 22 heavy (non-hydrogen) atoms. The molecule has 0 aliphatic rings. The van der Waals surface area contributed by atoms with Gasteiger partial charge in [0.25, 0.3) is 5.91 Å². The average Bonchev–Trinajstić information content (AvgIpc) is 3.00. The van der Waals surface area contributed by atoms with Crippen LogP contribution >= 0.6 is 11.3 Å². The summed E-state index contributed by atoms with van der Waals surface area (Å²) in [4.78, 5) is 15.6. The summed E-state index contributed by atoms with van der Waals surface area (Å²) in [7, 11) is 1.25. The van der Waals surface area contributed by atoms with Crippen molar-refractivity contribution in [2.24, 2.45) is 12.8 Å². The highest BCUT2D eigenvalue weighted by Crippen LogP contribution is 2.39. The Bertz CT molecular complexity index is 881. The number of amides is 1. The van der Waals surface area contributed by atoms with Crippen molar-refractivity contribution in [3.63, 3.8) is 0 Å². The normalized spacial score (nSPS) is 12.0. The minimum atomic E-state index is -4.70. The molecule has 2 heterocycles. The molecule has 5 nitrogen and oxygen atoms in total. The molecule has 0 fully saturated rings. The maximum Gasteiger partial charge on any atom is 0.435 e. The number of nitrogens with zero attached hydrogens (tertiary/aromatic N) is 3. The molecule has 9 heteroatoms. The number of halogens is 3. The van der Waals surface area contributed by atoms with E-state index in [9.17, 15) is 18.0 Å². The predicted octanol–water partition coefficient (Wildman–Crippen LogP) is 2.81. The number of primary amides is 1. The lowest BCUT2D eigenvalue weighted by atomic mass is 10.0. The number of thiazole rings is 1. The molecule has 2 N–H and O–H groups in total. The number of aromatic nitrogens is 3. The van der Waals surface area contributed by atoms with Crippen LogP contribution in [0.15, 0.2) is 23.7 Å². The second-order valence-electron chi connectivity index (χ2n) is 4.59. The number of alkyl halides is 3. The Labute approximate surface area is 126 Å². The van der Waals surface area contributed by atoms with Gasteiger partial charge in [-0.2, -0.15) is 18.3 Å². The molecule has 0 bridgehead atoms. The van der Waals surface area contributed by atoms with Crippen LogP contribution in [0.5, 0.6) is 0 Å². The fourth-order valence-electron chi connectivity index (χ4n) is 2.29. The molecule has 114 valence electrons. The van der Waals surface area contributed by atoms with E-state index in [0.717, 1.165) is 9.38 Å². The molecule has 0 aliphatic carbocycles. The van der Waals surface area contributed by atoms with Gasteiger partial charge in [-0.1, -0.05) is 6.07 Å². The van der Waals surface area contributed by atoms with Gasteiger partial charge in [0.1, 0.15) is 5.69 Å². The minimum absolute atomic E-state index is 0.202. The van der Waals surface area contributed by atoms with Gasteiger partial charge in [0.05, 0.1) is 15.7 Å². The quantitative estimate of drug-likeness (QED) is 0.787. The Morgan fingerprint density at radius 2 is 2.09 bits per heavy atom. The number of carbonyl (C=O) groups excluding carboxylic acids is 1. The van der Waals surface area contributed by atoms with Crippen LogP contribution in [-0.2, 0) is 13.2 Å². The predicted molar refractivity (Wildman–Crippen MR) is 75.3 cm³/mol. The van der Waals surface area contributed by atoms with Crippen molar-refractivity contribution in [1.29, 1.82) is 0 Å². The smallest absolute Gasteiger partial charge is 0.364 e. The van der Waals surface area contributed by atoms with Crippen LogP contribution < -0.4 is 5.73 Å². The van der Waals surface area contributed by atoms with Gasteiger partial charge in [0.2, 0.25) is 0 Å². The van der Waals surface area contributed by atoms with E-state index in [1.54, 1.807) is 11.6 Å². The molecule has 0 saturated heterocycles. The highest BCUT2D eigenvalue weighted by atomic mass is 32.1. The lowest BCUT2D eigenvalue weighted by Gasteiger charge is -2.07. The zero-order valence-corrected chi connectivity index (χ0v) is 12.0. The third kappa shape index (κ3) is 2.23. The lowest BCUT2D eigenvalue weighted by Crippen LogP contribution is -2.16. The summed E-state index contributed by atoms with van der Waals surface area (Å²) in [6.45, 7) is 0. The largest absolute Gasteiger partial charge is 0.435 e. The van der Waals surface area contributed by atoms with Gasteiger partial charge < -0.3 is 5.73 Å². The summed E-state index contributed by atoms with van der Waals surface area (Å²) in [6.07, 6.45) is -4.70. The molecule has 0 radical (unpaired) electrons. The minimum Gasteiger partial charge on any atom is -0.364 e. The van der Waals surface area contributed by atoms with E-state index in [0.29, 0.717) is 5.52 Å². The third-order valence-electron chi connectivity index (χ3n) is 3.17. The molecule has 3 rings (SSSR count). The van der Waals surface area contributed by atoms with Crippen molar-refractivity contribution < 1.29 is 18.0 Å². The summed E-state index contributed by atoms with van der Waals surface area (Å²) < 4.78 is 41.3. The van der Waals surface area contributed by atoms with Crippen molar-refractivity contribution >= 4 is 27.5 Å². The van der Waals surface area contributed by atoms with E-state index in [4.69, 9.17) is 5.73 Å². The fraction of sp³-hybridized carbons (Fsp3) is 0.154. The van der Waals surface area contributed by atoms with E-state index >= 15 is 0 Å². The van der Waals surface area contributed by atoms with E-state index in [1.807, 2.05) is 0 Å². The van der Waals surface area contributed by atoms with Gasteiger partial charge in [-0.3, -0.25) is 9.48 Å². The molecular weight excluding hydrogens is 317 g/mol. The number of hydrogen-bond acceptors (Lipinski definition) is 4. The first-order valence-electron chi connectivity index (χ1n) is 6.06. The SMILES string of the molecule is Cn1nc(C(F)(F)F)c(-c2ccc3scnc3c2)c1C(N)=O. The standard InChI is InChI=1S/C13H9F3N4OS/c1-20-10(12(17)21)9(11(19-20)13(14,15)16)6-2-3-8-7(4-6)18-5-22-8/h2-5H,1H3,(H2,17,21). The van der Waals surface area contributed by atoms with Gasteiger partial charge in [-0.05, 0) is 17.7 Å². The number of hydrogen-bond donors (Lipinski definition) is 1. The van der Waals surface area contributed by atoms with Crippen LogP contribution in [0.3, 0.4) is 0 Å². The summed E-state index contributed by atoms with van der Waals surface area (Å²) >= 11 is 1.37. The Morgan fingerprint density at radius 3 is 2.73 bits per heavy atom. The number of benzene rings is 1.